The van der Waals surface area contributed by atoms with Crippen LogP contribution in [-0.4, -0.2) is 51.0 Å². The topological polar surface area (TPSA) is 59.4 Å². The summed E-state index contributed by atoms with van der Waals surface area (Å²) in [5.41, 5.74) is -0.432. The second-order valence-electron chi connectivity index (χ2n) is 8.11. The van der Waals surface area contributed by atoms with Crippen LogP contribution < -0.4 is 5.32 Å². The predicted octanol–water partition coefficient (Wildman–Crippen LogP) is 2.65. The van der Waals surface area contributed by atoms with Crippen molar-refractivity contribution >= 4 is 6.09 Å². The molecule has 4 atom stereocenters. The summed E-state index contributed by atoms with van der Waals surface area (Å²) >= 11 is 0. The highest BCUT2D eigenvalue weighted by Crippen LogP contribution is 2.40. The van der Waals surface area contributed by atoms with E-state index in [0.717, 1.165) is 32.4 Å². The normalized spacial score (nSPS) is 29.8. The number of carbonyl (C=O) groups excluding carboxylic acids is 1. The first-order valence-corrected chi connectivity index (χ1v) is 9.07. The highest BCUT2D eigenvalue weighted by molar-refractivity contribution is 5.69. The Morgan fingerprint density at radius 1 is 1.38 bits per heavy atom. The van der Waals surface area contributed by atoms with E-state index in [1.54, 1.807) is 0 Å². The first-order chi connectivity index (χ1) is 11.3. The number of nitrogens with zero attached hydrogens (tertiary/aromatic N) is 3. The number of rotatable bonds is 4. The molecule has 6 heteroatoms. The van der Waals surface area contributed by atoms with E-state index in [0.29, 0.717) is 24.0 Å². The van der Waals surface area contributed by atoms with Crippen molar-refractivity contribution in [2.45, 2.75) is 77.2 Å². The zero-order chi connectivity index (χ0) is 17.3. The van der Waals surface area contributed by atoms with Crippen LogP contribution in [0.5, 0.6) is 0 Å². The summed E-state index contributed by atoms with van der Waals surface area (Å²) in [6.45, 7) is 9.83. The molecule has 3 heterocycles. The average molecular weight is 334 g/mol. The molecule has 6 nitrogen and oxygen atoms in total. The fourth-order valence-electron chi connectivity index (χ4n) is 4.10. The summed E-state index contributed by atoms with van der Waals surface area (Å²) in [5.74, 6) is 0.439. The van der Waals surface area contributed by atoms with Crippen molar-refractivity contribution in [2.24, 2.45) is 5.92 Å². The Labute approximate surface area is 144 Å². The molecule has 1 aromatic heterocycles. The van der Waals surface area contributed by atoms with Crippen molar-refractivity contribution in [3.63, 3.8) is 0 Å². The second kappa shape index (κ2) is 6.75. The molecule has 2 aliphatic heterocycles. The summed E-state index contributed by atoms with van der Waals surface area (Å²) in [7, 11) is 0. The van der Waals surface area contributed by atoms with Crippen LogP contribution in [-0.2, 0) is 11.3 Å². The van der Waals surface area contributed by atoms with Gasteiger partial charge in [0.2, 0.25) is 0 Å². The third-order valence-electron chi connectivity index (χ3n) is 5.22. The fourth-order valence-corrected chi connectivity index (χ4v) is 4.10. The van der Waals surface area contributed by atoms with Crippen molar-refractivity contribution in [2.75, 3.05) is 6.54 Å². The number of aromatic nitrogens is 2. The fraction of sp³-hybridized carbons (Fsp3) is 0.778. The van der Waals surface area contributed by atoms with E-state index in [2.05, 4.69) is 17.3 Å². The van der Waals surface area contributed by atoms with Gasteiger partial charge < -0.3 is 15.0 Å². The number of hydrogen-bond acceptors (Lipinski definition) is 4. The summed E-state index contributed by atoms with van der Waals surface area (Å²) in [5, 5.41) is 7.92. The molecule has 3 rings (SSSR count). The highest BCUT2D eigenvalue weighted by Gasteiger charge is 2.48. The number of hydrogen-bond donors (Lipinski definition) is 1. The lowest BCUT2D eigenvalue weighted by Gasteiger charge is -2.44. The molecule has 2 aliphatic rings. The highest BCUT2D eigenvalue weighted by atomic mass is 16.6. The average Bonchev–Trinajstić information content (AvgIpc) is 3.10. The van der Waals surface area contributed by atoms with E-state index in [1.165, 1.54) is 0 Å². The van der Waals surface area contributed by atoms with Gasteiger partial charge in [-0.15, -0.1) is 0 Å². The quantitative estimate of drug-likeness (QED) is 0.919. The minimum Gasteiger partial charge on any atom is -0.444 e. The molecule has 134 valence electrons. The zero-order valence-electron chi connectivity index (χ0n) is 15.2. The summed E-state index contributed by atoms with van der Waals surface area (Å²) in [6, 6.07) is 3.00. The number of fused-ring (bicyclic) bond motifs is 2. The van der Waals surface area contributed by atoms with Crippen LogP contribution in [0.1, 0.15) is 47.0 Å². The van der Waals surface area contributed by atoms with Crippen LogP contribution in [0.3, 0.4) is 0 Å². The van der Waals surface area contributed by atoms with Gasteiger partial charge in [-0.3, -0.25) is 4.68 Å². The molecule has 0 saturated carbocycles. The molecule has 24 heavy (non-hydrogen) atoms. The minimum absolute atomic E-state index is 0.142. The third-order valence-corrected chi connectivity index (χ3v) is 5.22. The number of amides is 1. The van der Waals surface area contributed by atoms with Crippen molar-refractivity contribution < 1.29 is 9.53 Å². The van der Waals surface area contributed by atoms with Gasteiger partial charge in [-0.2, -0.15) is 5.10 Å². The van der Waals surface area contributed by atoms with Crippen LogP contribution in [0, 0.1) is 5.92 Å². The zero-order valence-corrected chi connectivity index (χ0v) is 15.2. The molecule has 0 radical (unpaired) electrons. The van der Waals surface area contributed by atoms with Gasteiger partial charge in [-0.1, -0.05) is 6.92 Å². The van der Waals surface area contributed by atoms with Crippen LogP contribution in [0.25, 0.3) is 0 Å². The predicted molar refractivity (Wildman–Crippen MR) is 92.7 cm³/mol. The van der Waals surface area contributed by atoms with Crippen molar-refractivity contribution in [3.8, 4) is 0 Å². The molecule has 1 N–H and O–H groups in total. The first kappa shape index (κ1) is 17.3. The van der Waals surface area contributed by atoms with Crippen molar-refractivity contribution in [1.29, 1.82) is 0 Å². The van der Waals surface area contributed by atoms with Gasteiger partial charge in [0, 0.05) is 37.1 Å². The molecule has 2 bridgehead atoms. The molecular formula is C18H30N4O2. The van der Waals surface area contributed by atoms with Crippen molar-refractivity contribution in [1.82, 2.24) is 20.0 Å². The molecule has 1 aromatic rings. The Morgan fingerprint density at radius 2 is 2.17 bits per heavy atom. The molecule has 0 spiro atoms. The van der Waals surface area contributed by atoms with E-state index in [9.17, 15) is 4.79 Å². The molecule has 0 aromatic carbocycles. The summed E-state index contributed by atoms with van der Waals surface area (Å²) in [6.07, 6.45) is 6.84. The summed E-state index contributed by atoms with van der Waals surface area (Å²) < 4.78 is 7.57. The number of carbonyl (C=O) groups is 1. The lowest BCUT2D eigenvalue weighted by Crippen LogP contribution is -2.57. The smallest absolute Gasteiger partial charge is 0.410 e. The number of nitrogens with one attached hydrogen (secondary N) is 1. The second-order valence-corrected chi connectivity index (χ2v) is 8.11. The van der Waals surface area contributed by atoms with Gasteiger partial charge in [-0.05, 0) is 52.0 Å². The van der Waals surface area contributed by atoms with E-state index >= 15 is 0 Å². The molecule has 2 saturated heterocycles. The monoisotopic (exact) mass is 334 g/mol. The van der Waals surface area contributed by atoms with E-state index in [1.807, 2.05) is 48.8 Å². The Balaban J connectivity index is 1.56. The van der Waals surface area contributed by atoms with Gasteiger partial charge in [-0.25, -0.2) is 4.79 Å². The van der Waals surface area contributed by atoms with E-state index in [4.69, 9.17) is 4.74 Å². The number of piperidine rings is 1. The molecular weight excluding hydrogens is 304 g/mol. The van der Waals surface area contributed by atoms with E-state index in [-0.39, 0.29) is 6.09 Å². The first-order valence-electron chi connectivity index (χ1n) is 9.07. The molecule has 0 aliphatic carbocycles. The number of ether oxygens (including phenoxy) is 1. The van der Waals surface area contributed by atoms with Gasteiger partial charge in [0.05, 0.1) is 6.54 Å². The van der Waals surface area contributed by atoms with Crippen molar-refractivity contribution in [3.05, 3.63) is 18.5 Å². The Kier molecular flexibility index (Phi) is 4.85. The Bertz CT molecular complexity index is 552. The van der Waals surface area contributed by atoms with Gasteiger partial charge in [0.1, 0.15) is 5.60 Å². The van der Waals surface area contributed by atoms with E-state index < -0.39 is 5.60 Å². The SMILES string of the molecule is CC1C(NCCn2cccn2)CC2CCC1N2C(=O)OC(C)(C)C. The van der Waals surface area contributed by atoms with Crippen LogP contribution in [0.4, 0.5) is 4.79 Å². The van der Waals surface area contributed by atoms with Crippen LogP contribution in [0.2, 0.25) is 0 Å². The van der Waals surface area contributed by atoms with Gasteiger partial charge >= 0.3 is 6.09 Å². The minimum atomic E-state index is -0.432. The summed E-state index contributed by atoms with van der Waals surface area (Å²) in [4.78, 5) is 14.6. The maximum absolute atomic E-state index is 12.6. The molecule has 4 unspecified atom stereocenters. The molecule has 2 fully saturated rings. The van der Waals surface area contributed by atoms with Gasteiger partial charge in [0.15, 0.2) is 0 Å². The lowest BCUT2D eigenvalue weighted by atomic mass is 9.87. The maximum atomic E-state index is 12.6. The lowest BCUT2D eigenvalue weighted by molar-refractivity contribution is -0.00526. The van der Waals surface area contributed by atoms with Gasteiger partial charge in [0.25, 0.3) is 0 Å². The van der Waals surface area contributed by atoms with Crippen LogP contribution >= 0.6 is 0 Å². The third kappa shape index (κ3) is 3.74. The van der Waals surface area contributed by atoms with Crippen LogP contribution in [0.15, 0.2) is 18.5 Å². The Morgan fingerprint density at radius 3 is 2.83 bits per heavy atom. The standard InChI is InChI=1S/C18H30N4O2/c1-13-15(19-9-11-21-10-5-8-20-21)12-14-6-7-16(13)22(14)17(23)24-18(2,3)4/h5,8,10,13-16,19H,6-7,9,11-12H2,1-4H3. The molecule has 1 amide bonds. The maximum Gasteiger partial charge on any atom is 0.410 e. The largest absolute Gasteiger partial charge is 0.444 e. The Hall–Kier alpha value is -1.56.